The summed E-state index contributed by atoms with van der Waals surface area (Å²) >= 11 is 0. The van der Waals surface area contributed by atoms with Crippen LogP contribution in [0.2, 0.25) is 0 Å². The lowest BCUT2D eigenvalue weighted by atomic mass is 9.95. The molecule has 1 aliphatic carbocycles. The SMILES string of the molecule is CC(C)(C)OC(=O)N1C[C@H](C(=O)O)[C@@H](C(=O)NC2CC2c2ccccc2)C1. The highest BCUT2D eigenvalue weighted by molar-refractivity contribution is 5.87. The summed E-state index contributed by atoms with van der Waals surface area (Å²) in [5, 5.41) is 12.4. The molecule has 3 rings (SSSR count). The molecule has 1 saturated carbocycles. The first-order valence-corrected chi connectivity index (χ1v) is 9.22. The summed E-state index contributed by atoms with van der Waals surface area (Å²) in [7, 11) is 0. The van der Waals surface area contributed by atoms with E-state index in [2.05, 4.69) is 5.32 Å². The maximum atomic E-state index is 12.7. The maximum Gasteiger partial charge on any atom is 0.410 e. The molecule has 2 unspecified atom stereocenters. The summed E-state index contributed by atoms with van der Waals surface area (Å²) in [5.74, 6) is -2.81. The van der Waals surface area contributed by atoms with Crippen molar-refractivity contribution in [3.8, 4) is 0 Å². The molecule has 1 heterocycles. The molecule has 27 heavy (non-hydrogen) atoms. The second-order valence-corrected chi connectivity index (χ2v) is 8.30. The van der Waals surface area contributed by atoms with Crippen molar-refractivity contribution < 1.29 is 24.2 Å². The zero-order valence-electron chi connectivity index (χ0n) is 15.8. The van der Waals surface area contributed by atoms with E-state index in [9.17, 15) is 19.5 Å². The van der Waals surface area contributed by atoms with Gasteiger partial charge in [-0.15, -0.1) is 0 Å². The van der Waals surface area contributed by atoms with E-state index in [4.69, 9.17) is 4.74 Å². The number of carboxylic acids is 1. The highest BCUT2D eigenvalue weighted by atomic mass is 16.6. The van der Waals surface area contributed by atoms with E-state index in [0.29, 0.717) is 0 Å². The summed E-state index contributed by atoms with van der Waals surface area (Å²) in [6.07, 6.45) is 0.258. The zero-order chi connectivity index (χ0) is 19.8. The van der Waals surface area contributed by atoms with Gasteiger partial charge in [0.15, 0.2) is 0 Å². The Bertz CT molecular complexity index is 728. The number of benzene rings is 1. The number of hydrogen-bond acceptors (Lipinski definition) is 4. The van der Waals surface area contributed by atoms with E-state index in [1.165, 1.54) is 10.5 Å². The van der Waals surface area contributed by atoms with Crippen molar-refractivity contribution in [1.29, 1.82) is 0 Å². The van der Waals surface area contributed by atoms with E-state index >= 15 is 0 Å². The van der Waals surface area contributed by atoms with E-state index in [-0.39, 0.29) is 31.0 Å². The van der Waals surface area contributed by atoms with Crippen LogP contribution in [-0.4, -0.2) is 52.7 Å². The van der Waals surface area contributed by atoms with Gasteiger partial charge in [-0.25, -0.2) is 4.79 Å². The van der Waals surface area contributed by atoms with Gasteiger partial charge in [-0.2, -0.15) is 0 Å². The summed E-state index contributed by atoms with van der Waals surface area (Å²) in [6.45, 7) is 5.28. The molecule has 1 saturated heterocycles. The summed E-state index contributed by atoms with van der Waals surface area (Å²) in [5.41, 5.74) is 0.493. The molecule has 1 aromatic rings. The van der Waals surface area contributed by atoms with Gasteiger partial charge in [-0.3, -0.25) is 9.59 Å². The van der Waals surface area contributed by atoms with Gasteiger partial charge < -0.3 is 20.1 Å². The Labute approximate surface area is 158 Å². The van der Waals surface area contributed by atoms with Crippen LogP contribution in [0.4, 0.5) is 4.79 Å². The molecule has 1 aromatic carbocycles. The first kappa shape index (κ1) is 19.2. The lowest BCUT2D eigenvalue weighted by Gasteiger charge is -2.24. The maximum absolute atomic E-state index is 12.7. The first-order valence-electron chi connectivity index (χ1n) is 9.22. The molecule has 0 spiro atoms. The highest BCUT2D eigenvalue weighted by Gasteiger charge is 2.47. The van der Waals surface area contributed by atoms with Gasteiger partial charge in [0.1, 0.15) is 5.60 Å². The molecule has 7 nitrogen and oxygen atoms in total. The second kappa shape index (κ2) is 7.21. The zero-order valence-corrected chi connectivity index (χ0v) is 15.8. The second-order valence-electron chi connectivity index (χ2n) is 8.30. The Balaban J connectivity index is 1.61. The summed E-state index contributed by atoms with van der Waals surface area (Å²) < 4.78 is 5.31. The van der Waals surface area contributed by atoms with Crippen LogP contribution in [0.5, 0.6) is 0 Å². The fourth-order valence-corrected chi connectivity index (χ4v) is 3.51. The Kier molecular flexibility index (Phi) is 5.13. The van der Waals surface area contributed by atoms with Gasteiger partial charge >= 0.3 is 12.1 Å². The normalized spacial score (nSPS) is 27.1. The van der Waals surface area contributed by atoms with Crippen LogP contribution < -0.4 is 5.32 Å². The van der Waals surface area contributed by atoms with Crippen LogP contribution in [0.25, 0.3) is 0 Å². The number of hydrogen-bond donors (Lipinski definition) is 2. The quantitative estimate of drug-likeness (QED) is 0.842. The third-order valence-corrected chi connectivity index (χ3v) is 4.97. The summed E-state index contributed by atoms with van der Waals surface area (Å²) in [4.78, 5) is 37.8. The van der Waals surface area contributed by atoms with Crippen molar-refractivity contribution in [1.82, 2.24) is 10.2 Å². The number of likely N-dealkylation sites (tertiary alicyclic amines) is 1. The molecular formula is C20H26N2O5. The number of amides is 2. The number of nitrogens with zero attached hydrogens (tertiary/aromatic N) is 1. The lowest BCUT2D eigenvalue weighted by Crippen LogP contribution is -2.39. The van der Waals surface area contributed by atoms with E-state index in [1.807, 2.05) is 30.3 Å². The van der Waals surface area contributed by atoms with E-state index in [0.717, 1.165) is 6.42 Å². The van der Waals surface area contributed by atoms with Crippen LogP contribution in [0.15, 0.2) is 30.3 Å². The third kappa shape index (κ3) is 4.59. The van der Waals surface area contributed by atoms with Crippen LogP contribution in [0.3, 0.4) is 0 Å². The van der Waals surface area contributed by atoms with Crippen molar-refractivity contribution >= 4 is 18.0 Å². The predicted molar refractivity (Wildman–Crippen MR) is 98.2 cm³/mol. The minimum Gasteiger partial charge on any atom is -0.481 e. The Morgan fingerprint density at radius 1 is 1.11 bits per heavy atom. The van der Waals surface area contributed by atoms with Gasteiger partial charge in [0.2, 0.25) is 5.91 Å². The molecular weight excluding hydrogens is 348 g/mol. The molecule has 1 aliphatic heterocycles. The minimum absolute atomic E-state index is 0.0184. The van der Waals surface area contributed by atoms with Crippen LogP contribution >= 0.6 is 0 Å². The molecule has 0 radical (unpaired) electrons. The van der Waals surface area contributed by atoms with Gasteiger partial charge in [-0.05, 0) is 32.8 Å². The summed E-state index contributed by atoms with van der Waals surface area (Å²) in [6, 6.07) is 9.93. The topological polar surface area (TPSA) is 95.9 Å². The van der Waals surface area contributed by atoms with Crippen molar-refractivity contribution in [2.45, 2.75) is 44.8 Å². The smallest absolute Gasteiger partial charge is 0.410 e. The van der Waals surface area contributed by atoms with Crippen molar-refractivity contribution in [2.24, 2.45) is 11.8 Å². The van der Waals surface area contributed by atoms with Crippen LogP contribution in [-0.2, 0) is 14.3 Å². The van der Waals surface area contributed by atoms with Crippen molar-refractivity contribution in [3.05, 3.63) is 35.9 Å². The monoisotopic (exact) mass is 374 g/mol. The number of aliphatic carboxylic acids is 1. The first-order chi connectivity index (χ1) is 12.7. The Morgan fingerprint density at radius 2 is 1.74 bits per heavy atom. The number of carbonyl (C=O) groups is 3. The highest BCUT2D eigenvalue weighted by Crippen LogP contribution is 2.41. The molecule has 2 aliphatic rings. The van der Waals surface area contributed by atoms with E-state index < -0.39 is 29.5 Å². The standard InChI is InChI=1S/C20H26N2O5/c1-20(2,3)27-19(26)22-10-14(15(11-22)18(24)25)17(23)21-16-9-13(16)12-7-5-4-6-8-12/h4-8,13-16H,9-11H2,1-3H3,(H,21,23)(H,24,25)/t13?,14-,15-,16?/m0/s1. The number of nitrogens with one attached hydrogen (secondary N) is 1. The molecule has 146 valence electrons. The largest absolute Gasteiger partial charge is 0.481 e. The average molecular weight is 374 g/mol. The molecule has 0 aromatic heterocycles. The Hall–Kier alpha value is -2.57. The lowest BCUT2D eigenvalue weighted by molar-refractivity contribution is -0.145. The van der Waals surface area contributed by atoms with Crippen molar-refractivity contribution in [2.75, 3.05) is 13.1 Å². The van der Waals surface area contributed by atoms with Gasteiger partial charge in [0.25, 0.3) is 0 Å². The van der Waals surface area contributed by atoms with E-state index in [1.54, 1.807) is 20.8 Å². The predicted octanol–water partition coefficient (Wildman–Crippen LogP) is 2.23. The number of ether oxygens (including phenoxy) is 1. The molecule has 2 fully saturated rings. The van der Waals surface area contributed by atoms with Crippen LogP contribution in [0.1, 0.15) is 38.7 Å². The van der Waals surface area contributed by atoms with Gasteiger partial charge in [0.05, 0.1) is 11.8 Å². The van der Waals surface area contributed by atoms with Crippen LogP contribution in [0, 0.1) is 11.8 Å². The molecule has 2 amide bonds. The number of carboxylic acid groups (broad SMARTS) is 1. The fraction of sp³-hybridized carbons (Fsp3) is 0.550. The number of carbonyl (C=O) groups excluding carboxylic acids is 2. The third-order valence-electron chi connectivity index (χ3n) is 4.97. The van der Waals surface area contributed by atoms with Gasteiger partial charge in [-0.1, -0.05) is 30.3 Å². The van der Waals surface area contributed by atoms with Gasteiger partial charge in [0, 0.05) is 25.0 Å². The molecule has 4 atom stereocenters. The minimum atomic E-state index is -1.07. The molecule has 7 heteroatoms. The number of rotatable bonds is 4. The van der Waals surface area contributed by atoms with Crippen molar-refractivity contribution in [3.63, 3.8) is 0 Å². The Morgan fingerprint density at radius 3 is 2.33 bits per heavy atom. The average Bonchev–Trinajstić information content (AvgIpc) is 3.18. The molecule has 2 N–H and O–H groups in total. The molecule has 0 bridgehead atoms. The fourth-order valence-electron chi connectivity index (χ4n) is 3.51.